The molecule has 0 aliphatic rings. The molecule has 5 nitrogen and oxygen atoms in total. The van der Waals surface area contributed by atoms with E-state index in [-0.39, 0.29) is 12.1 Å². The van der Waals surface area contributed by atoms with Gasteiger partial charge in [-0.05, 0) is 44.9 Å². The van der Waals surface area contributed by atoms with Crippen LogP contribution in [0.5, 0.6) is 5.75 Å². The predicted octanol–water partition coefficient (Wildman–Crippen LogP) is 4.36. The van der Waals surface area contributed by atoms with Crippen molar-refractivity contribution in [1.82, 2.24) is 15.2 Å². The summed E-state index contributed by atoms with van der Waals surface area (Å²) in [7, 11) is 0. The second kappa shape index (κ2) is 9.42. The molecule has 1 aromatic carbocycles. The molecule has 1 N–H and O–H groups in total. The molecule has 2 amide bonds. The predicted molar refractivity (Wildman–Crippen MR) is 102 cm³/mol. The number of hydrogen-bond donors (Lipinski definition) is 1. The summed E-state index contributed by atoms with van der Waals surface area (Å²) in [6.07, 6.45) is 0.907. The molecule has 1 unspecified atom stereocenters. The van der Waals surface area contributed by atoms with E-state index in [4.69, 9.17) is 4.74 Å². The Hall–Kier alpha value is -2.08. The van der Waals surface area contributed by atoms with Gasteiger partial charge in [0.15, 0.2) is 0 Å². The van der Waals surface area contributed by atoms with Gasteiger partial charge >= 0.3 is 6.03 Å². The fraction of sp³-hybridized carbons (Fsp3) is 0.474. The first kappa shape index (κ1) is 19.2. The fourth-order valence-corrected chi connectivity index (χ4v) is 3.11. The smallest absolute Gasteiger partial charge is 0.317 e. The Labute approximate surface area is 154 Å². The Morgan fingerprint density at radius 2 is 2.20 bits per heavy atom. The van der Waals surface area contributed by atoms with E-state index in [1.165, 1.54) is 5.56 Å². The Kier molecular flexibility index (Phi) is 7.25. The maximum atomic E-state index is 12.3. The number of thiazole rings is 1. The first-order valence-electron chi connectivity index (χ1n) is 8.70. The van der Waals surface area contributed by atoms with Crippen molar-refractivity contribution in [3.05, 3.63) is 45.9 Å². The molecule has 0 radical (unpaired) electrons. The van der Waals surface area contributed by atoms with Crippen molar-refractivity contribution >= 4 is 17.4 Å². The minimum absolute atomic E-state index is 0.0394. The van der Waals surface area contributed by atoms with Crippen molar-refractivity contribution in [3.8, 4) is 5.75 Å². The van der Waals surface area contributed by atoms with E-state index in [9.17, 15) is 4.79 Å². The van der Waals surface area contributed by atoms with Crippen LogP contribution in [0.15, 0.2) is 29.6 Å². The van der Waals surface area contributed by atoms with Crippen molar-refractivity contribution in [2.45, 2.75) is 53.3 Å². The van der Waals surface area contributed by atoms with Gasteiger partial charge in [0.25, 0.3) is 0 Å². The number of hydrogen-bond acceptors (Lipinski definition) is 4. The summed E-state index contributed by atoms with van der Waals surface area (Å²) in [6.45, 7) is 9.69. The summed E-state index contributed by atoms with van der Waals surface area (Å²) in [5, 5.41) is 5.79. The van der Waals surface area contributed by atoms with E-state index in [0.717, 1.165) is 22.9 Å². The molecule has 0 bridgehead atoms. The van der Waals surface area contributed by atoms with E-state index < -0.39 is 0 Å². The van der Waals surface area contributed by atoms with Crippen LogP contribution in [0.2, 0.25) is 0 Å². The van der Waals surface area contributed by atoms with Crippen LogP contribution in [-0.2, 0) is 13.2 Å². The average Bonchev–Trinajstić information content (AvgIpc) is 3.05. The number of amides is 2. The standard InChI is InChI=1S/C19H27N3O2S/c1-5-15(4)22(19(23)20-6-2)11-16-13-25-18(21-16)12-24-17-9-7-8-14(3)10-17/h7-10,13,15H,5-6,11-12H2,1-4H3,(H,20,23). The van der Waals surface area contributed by atoms with Crippen LogP contribution in [0.4, 0.5) is 4.79 Å². The second-order valence-electron chi connectivity index (χ2n) is 6.06. The van der Waals surface area contributed by atoms with Crippen molar-refractivity contribution in [3.63, 3.8) is 0 Å². The normalized spacial score (nSPS) is 11.8. The zero-order chi connectivity index (χ0) is 18.2. The van der Waals surface area contributed by atoms with Crippen molar-refractivity contribution in [1.29, 1.82) is 0 Å². The summed E-state index contributed by atoms with van der Waals surface area (Å²) in [5.74, 6) is 0.848. The Morgan fingerprint density at radius 3 is 2.88 bits per heavy atom. The van der Waals surface area contributed by atoms with Gasteiger partial charge in [0.1, 0.15) is 17.4 Å². The fourth-order valence-electron chi connectivity index (χ4n) is 2.41. The number of carbonyl (C=O) groups is 1. The zero-order valence-electron chi connectivity index (χ0n) is 15.4. The van der Waals surface area contributed by atoms with Gasteiger partial charge in [0, 0.05) is 18.0 Å². The summed E-state index contributed by atoms with van der Waals surface area (Å²) in [6, 6.07) is 8.10. The Bertz CT molecular complexity index is 687. The Balaban J connectivity index is 1.97. The van der Waals surface area contributed by atoms with Crippen LogP contribution in [0.25, 0.3) is 0 Å². The number of rotatable bonds is 8. The molecular formula is C19H27N3O2S. The van der Waals surface area contributed by atoms with Gasteiger partial charge in [-0.25, -0.2) is 9.78 Å². The van der Waals surface area contributed by atoms with E-state index in [2.05, 4.69) is 24.1 Å². The maximum absolute atomic E-state index is 12.3. The molecule has 25 heavy (non-hydrogen) atoms. The van der Waals surface area contributed by atoms with Crippen LogP contribution < -0.4 is 10.1 Å². The van der Waals surface area contributed by atoms with Crippen molar-refractivity contribution in [2.24, 2.45) is 0 Å². The molecule has 2 rings (SSSR count). The molecular weight excluding hydrogens is 334 g/mol. The number of aryl methyl sites for hydroxylation is 1. The van der Waals surface area contributed by atoms with Gasteiger partial charge in [-0.2, -0.15) is 0 Å². The minimum atomic E-state index is -0.0394. The number of carbonyl (C=O) groups excluding carboxylic acids is 1. The van der Waals surface area contributed by atoms with Crippen molar-refractivity contribution < 1.29 is 9.53 Å². The highest BCUT2D eigenvalue weighted by Crippen LogP contribution is 2.18. The molecule has 0 saturated heterocycles. The molecule has 0 saturated carbocycles. The van der Waals surface area contributed by atoms with Crippen molar-refractivity contribution in [2.75, 3.05) is 6.54 Å². The third-order valence-corrected chi connectivity index (χ3v) is 4.87. The molecule has 0 fully saturated rings. The minimum Gasteiger partial charge on any atom is -0.486 e. The number of urea groups is 1. The average molecular weight is 362 g/mol. The van der Waals surface area contributed by atoms with E-state index >= 15 is 0 Å². The van der Waals surface area contributed by atoms with Crippen LogP contribution in [0, 0.1) is 6.92 Å². The topological polar surface area (TPSA) is 54.5 Å². The second-order valence-corrected chi connectivity index (χ2v) is 7.00. The lowest BCUT2D eigenvalue weighted by atomic mass is 10.2. The first-order chi connectivity index (χ1) is 12.0. The summed E-state index contributed by atoms with van der Waals surface area (Å²) in [4.78, 5) is 18.7. The van der Waals surface area contributed by atoms with E-state index in [1.807, 2.05) is 48.4 Å². The Morgan fingerprint density at radius 1 is 1.40 bits per heavy atom. The maximum Gasteiger partial charge on any atom is 0.317 e. The molecule has 1 aromatic heterocycles. The molecule has 2 aromatic rings. The molecule has 6 heteroatoms. The number of nitrogens with zero attached hydrogens (tertiary/aromatic N) is 2. The quantitative estimate of drug-likeness (QED) is 0.760. The number of aromatic nitrogens is 1. The molecule has 0 spiro atoms. The molecule has 1 heterocycles. The molecule has 0 aliphatic carbocycles. The number of nitrogens with one attached hydrogen (secondary N) is 1. The zero-order valence-corrected chi connectivity index (χ0v) is 16.2. The van der Waals surface area contributed by atoms with Crippen LogP contribution >= 0.6 is 11.3 Å². The third-order valence-electron chi connectivity index (χ3n) is 4.00. The summed E-state index contributed by atoms with van der Waals surface area (Å²) in [5.41, 5.74) is 2.07. The SMILES string of the molecule is CCNC(=O)N(Cc1csc(COc2cccc(C)c2)n1)C(C)CC. The number of ether oxygens (including phenoxy) is 1. The lowest BCUT2D eigenvalue weighted by Crippen LogP contribution is -2.44. The molecule has 136 valence electrons. The van der Waals surface area contributed by atoms with Crippen LogP contribution in [-0.4, -0.2) is 28.5 Å². The summed E-state index contributed by atoms with van der Waals surface area (Å²) >= 11 is 1.56. The van der Waals surface area contributed by atoms with Gasteiger partial charge < -0.3 is 15.0 Å². The first-order valence-corrected chi connectivity index (χ1v) is 9.58. The third kappa shape index (κ3) is 5.74. The highest BCUT2D eigenvalue weighted by molar-refractivity contribution is 7.09. The van der Waals surface area contributed by atoms with Crippen LogP contribution in [0.1, 0.15) is 43.5 Å². The summed E-state index contributed by atoms with van der Waals surface area (Å²) < 4.78 is 5.80. The van der Waals surface area contributed by atoms with Gasteiger partial charge in [-0.3, -0.25) is 0 Å². The van der Waals surface area contributed by atoms with Crippen LogP contribution in [0.3, 0.4) is 0 Å². The monoisotopic (exact) mass is 361 g/mol. The molecule has 1 atom stereocenters. The lowest BCUT2D eigenvalue weighted by molar-refractivity contribution is 0.173. The largest absolute Gasteiger partial charge is 0.486 e. The highest BCUT2D eigenvalue weighted by Gasteiger charge is 2.19. The van der Waals surface area contributed by atoms with Gasteiger partial charge in [-0.1, -0.05) is 19.1 Å². The highest BCUT2D eigenvalue weighted by atomic mass is 32.1. The lowest BCUT2D eigenvalue weighted by Gasteiger charge is -2.27. The number of benzene rings is 1. The van der Waals surface area contributed by atoms with Gasteiger partial charge in [0.05, 0.1) is 12.2 Å². The molecule has 0 aliphatic heterocycles. The van der Waals surface area contributed by atoms with Gasteiger partial charge in [-0.15, -0.1) is 11.3 Å². The van der Waals surface area contributed by atoms with E-state index in [0.29, 0.717) is 19.7 Å². The van der Waals surface area contributed by atoms with Gasteiger partial charge in [0.2, 0.25) is 0 Å². The van der Waals surface area contributed by atoms with E-state index in [1.54, 1.807) is 11.3 Å².